The standard InChI is InChI=1S/C15H23FN2O/c1-11(17-2)13-5-4-6-14(16)15(13)18-8-7-12(9-18)10-19-3/h4-6,11-12,17H,7-10H2,1-3H3. The summed E-state index contributed by atoms with van der Waals surface area (Å²) >= 11 is 0. The van der Waals surface area contributed by atoms with Gasteiger partial charge in [-0.25, -0.2) is 4.39 Å². The maximum Gasteiger partial charge on any atom is 0.146 e. The Hall–Kier alpha value is -1.13. The van der Waals surface area contributed by atoms with Crippen LogP contribution in [-0.4, -0.2) is 33.9 Å². The van der Waals surface area contributed by atoms with E-state index in [1.54, 1.807) is 19.2 Å². The van der Waals surface area contributed by atoms with E-state index < -0.39 is 0 Å². The van der Waals surface area contributed by atoms with Crippen molar-refractivity contribution in [1.82, 2.24) is 5.32 Å². The average Bonchev–Trinajstić information content (AvgIpc) is 2.86. The van der Waals surface area contributed by atoms with Gasteiger partial charge in [-0.1, -0.05) is 12.1 Å². The van der Waals surface area contributed by atoms with E-state index in [0.29, 0.717) is 5.92 Å². The number of hydrogen-bond donors (Lipinski definition) is 1. The number of anilines is 1. The Bertz CT molecular complexity index is 425. The molecule has 0 saturated carbocycles. The number of nitrogens with one attached hydrogen (secondary N) is 1. The number of nitrogens with zero attached hydrogens (tertiary/aromatic N) is 1. The van der Waals surface area contributed by atoms with Crippen LogP contribution in [0.1, 0.15) is 24.9 Å². The van der Waals surface area contributed by atoms with Crippen molar-refractivity contribution in [2.45, 2.75) is 19.4 Å². The predicted molar refractivity (Wildman–Crippen MR) is 76.1 cm³/mol. The van der Waals surface area contributed by atoms with Gasteiger partial charge in [0.1, 0.15) is 5.82 Å². The van der Waals surface area contributed by atoms with Crippen LogP contribution in [0.3, 0.4) is 0 Å². The summed E-state index contributed by atoms with van der Waals surface area (Å²) in [6.45, 7) is 4.58. The normalized spacial score (nSPS) is 20.8. The Morgan fingerprint density at radius 3 is 3.00 bits per heavy atom. The van der Waals surface area contributed by atoms with Crippen LogP contribution in [0.5, 0.6) is 0 Å². The molecule has 2 unspecified atom stereocenters. The van der Waals surface area contributed by atoms with Crippen molar-refractivity contribution >= 4 is 5.69 Å². The fourth-order valence-corrected chi connectivity index (χ4v) is 2.78. The number of hydrogen-bond acceptors (Lipinski definition) is 3. The van der Waals surface area contributed by atoms with Gasteiger partial charge in [0.05, 0.1) is 12.3 Å². The van der Waals surface area contributed by atoms with E-state index in [1.165, 1.54) is 0 Å². The molecule has 19 heavy (non-hydrogen) atoms. The number of benzene rings is 1. The molecule has 0 aromatic heterocycles. The smallest absolute Gasteiger partial charge is 0.146 e. The lowest BCUT2D eigenvalue weighted by Gasteiger charge is -2.25. The van der Waals surface area contributed by atoms with E-state index >= 15 is 0 Å². The highest BCUT2D eigenvalue weighted by Gasteiger charge is 2.27. The molecular weight excluding hydrogens is 243 g/mol. The maximum absolute atomic E-state index is 14.2. The van der Waals surface area contributed by atoms with Crippen molar-refractivity contribution in [2.75, 3.05) is 38.8 Å². The van der Waals surface area contributed by atoms with E-state index in [0.717, 1.165) is 37.4 Å². The third-order valence-corrected chi connectivity index (χ3v) is 3.92. The lowest BCUT2D eigenvalue weighted by Crippen LogP contribution is -2.25. The third kappa shape index (κ3) is 3.07. The van der Waals surface area contributed by atoms with Crippen molar-refractivity contribution in [1.29, 1.82) is 0 Å². The summed E-state index contributed by atoms with van der Waals surface area (Å²) in [5.41, 5.74) is 1.78. The molecule has 0 amide bonds. The second kappa shape index (κ2) is 6.35. The molecule has 1 aliphatic rings. The number of rotatable bonds is 5. The molecule has 1 heterocycles. The minimum absolute atomic E-state index is 0.127. The molecule has 2 rings (SSSR count). The number of halogens is 1. The first-order valence-electron chi connectivity index (χ1n) is 6.87. The maximum atomic E-state index is 14.2. The fourth-order valence-electron chi connectivity index (χ4n) is 2.78. The number of para-hydroxylation sites is 1. The monoisotopic (exact) mass is 266 g/mol. The molecule has 2 atom stereocenters. The van der Waals surface area contributed by atoms with Gasteiger partial charge in [-0.2, -0.15) is 0 Å². The van der Waals surface area contributed by atoms with Crippen molar-refractivity contribution in [3.05, 3.63) is 29.6 Å². The first-order valence-corrected chi connectivity index (χ1v) is 6.87. The van der Waals surface area contributed by atoms with Gasteiger partial charge >= 0.3 is 0 Å². The number of ether oxygens (including phenoxy) is 1. The van der Waals surface area contributed by atoms with Crippen LogP contribution >= 0.6 is 0 Å². The third-order valence-electron chi connectivity index (χ3n) is 3.92. The van der Waals surface area contributed by atoms with Crippen molar-refractivity contribution in [3.63, 3.8) is 0 Å². The summed E-state index contributed by atoms with van der Waals surface area (Å²) in [5.74, 6) is 0.375. The Kier molecular flexibility index (Phi) is 4.77. The van der Waals surface area contributed by atoms with Crippen molar-refractivity contribution < 1.29 is 9.13 Å². The summed E-state index contributed by atoms with van der Waals surface area (Å²) in [6, 6.07) is 5.48. The Morgan fingerprint density at radius 2 is 2.32 bits per heavy atom. The van der Waals surface area contributed by atoms with Gasteiger partial charge in [0.25, 0.3) is 0 Å². The molecule has 1 saturated heterocycles. The molecule has 0 aliphatic carbocycles. The summed E-state index contributed by atoms with van der Waals surface area (Å²) in [5, 5.41) is 3.19. The quantitative estimate of drug-likeness (QED) is 0.886. The fraction of sp³-hybridized carbons (Fsp3) is 0.600. The van der Waals surface area contributed by atoms with Gasteiger partial charge in [0.2, 0.25) is 0 Å². The van der Waals surface area contributed by atoms with E-state index in [-0.39, 0.29) is 11.9 Å². The molecule has 4 heteroatoms. The van der Waals surface area contributed by atoms with Crippen molar-refractivity contribution in [2.24, 2.45) is 5.92 Å². The van der Waals surface area contributed by atoms with Gasteiger partial charge in [-0.15, -0.1) is 0 Å². The summed E-state index contributed by atoms with van der Waals surface area (Å²) in [7, 11) is 3.62. The van der Waals surface area contributed by atoms with Gasteiger partial charge in [0.15, 0.2) is 0 Å². The average molecular weight is 266 g/mol. The van der Waals surface area contributed by atoms with Gasteiger partial charge in [-0.3, -0.25) is 0 Å². The van der Waals surface area contributed by atoms with Crippen LogP contribution in [0, 0.1) is 11.7 Å². The Morgan fingerprint density at radius 1 is 1.53 bits per heavy atom. The van der Waals surface area contributed by atoms with Crippen LogP contribution in [0.2, 0.25) is 0 Å². The minimum atomic E-state index is -0.127. The molecule has 1 fully saturated rings. The molecular formula is C15H23FN2O. The lowest BCUT2D eigenvalue weighted by molar-refractivity contribution is 0.161. The van der Waals surface area contributed by atoms with Gasteiger partial charge in [-0.05, 0) is 32.0 Å². The molecule has 1 aromatic carbocycles. The largest absolute Gasteiger partial charge is 0.384 e. The van der Waals surface area contributed by atoms with Gasteiger partial charge < -0.3 is 15.0 Å². The molecule has 3 nitrogen and oxygen atoms in total. The summed E-state index contributed by atoms with van der Waals surface area (Å²) < 4.78 is 19.4. The van der Waals surface area contributed by atoms with Crippen LogP contribution in [0.15, 0.2) is 18.2 Å². The van der Waals surface area contributed by atoms with Crippen molar-refractivity contribution in [3.8, 4) is 0 Å². The molecule has 0 bridgehead atoms. The van der Waals surface area contributed by atoms with Crippen LogP contribution in [-0.2, 0) is 4.74 Å². The molecule has 1 aromatic rings. The number of methoxy groups -OCH3 is 1. The molecule has 1 N–H and O–H groups in total. The first-order chi connectivity index (χ1) is 9.17. The minimum Gasteiger partial charge on any atom is -0.384 e. The Balaban J connectivity index is 2.24. The second-order valence-electron chi connectivity index (χ2n) is 5.24. The lowest BCUT2D eigenvalue weighted by atomic mass is 10.0. The molecule has 106 valence electrons. The second-order valence-corrected chi connectivity index (χ2v) is 5.24. The van der Waals surface area contributed by atoms with E-state index in [9.17, 15) is 4.39 Å². The van der Waals surface area contributed by atoms with E-state index in [4.69, 9.17) is 4.74 Å². The highest BCUT2D eigenvalue weighted by molar-refractivity contribution is 5.56. The van der Waals surface area contributed by atoms with Crippen LogP contribution < -0.4 is 10.2 Å². The Labute approximate surface area is 114 Å². The highest BCUT2D eigenvalue weighted by atomic mass is 19.1. The summed E-state index contributed by atoms with van der Waals surface area (Å²) in [6.07, 6.45) is 1.07. The van der Waals surface area contributed by atoms with E-state index in [1.807, 2.05) is 13.1 Å². The highest BCUT2D eigenvalue weighted by Crippen LogP contribution is 2.33. The van der Waals surface area contributed by atoms with Gasteiger partial charge in [0, 0.05) is 32.2 Å². The first kappa shape index (κ1) is 14.3. The topological polar surface area (TPSA) is 24.5 Å². The summed E-state index contributed by atoms with van der Waals surface area (Å²) in [4.78, 5) is 2.15. The SMILES string of the molecule is CNC(C)c1cccc(F)c1N1CCC(COC)C1. The molecule has 0 spiro atoms. The predicted octanol–water partition coefficient (Wildman–Crippen LogP) is 2.58. The van der Waals surface area contributed by atoms with Crippen LogP contribution in [0.25, 0.3) is 0 Å². The molecule has 1 aliphatic heterocycles. The zero-order valence-corrected chi connectivity index (χ0v) is 11.9. The zero-order chi connectivity index (χ0) is 13.8. The molecule has 0 radical (unpaired) electrons. The zero-order valence-electron chi connectivity index (χ0n) is 11.9. The van der Waals surface area contributed by atoms with E-state index in [2.05, 4.69) is 17.1 Å². The van der Waals surface area contributed by atoms with Crippen LogP contribution in [0.4, 0.5) is 10.1 Å².